The maximum absolute atomic E-state index is 14.3. The summed E-state index contributed by atoms with van der Waals surface area (Å²) in [5, 5.41) is 22.2. The summed E-state index contributed by atoms with van der Waals surface area (Å²) in [6, 6.07) is 15.9. The van der Waals surface area contributed by atoms with Crippen LogP contribution < -0.4 is 24.4 Å². The van der Waals surface area contributed by atoms with E-state index < -0.39 is 11.9 Å². The standard InChI is InChI=1S/C31H35N5O6/c1-40-26-15-13-20(17-25(26)37)30(31(39)32-21-9-5-4-6-10-21)36(22-14-16-27(41-2)28(18-22)42-3)29(38)19-35-24-12-8-7-11-23(24)33-34-35/h7-8,11-18,21,30,37H,4-6,9-10,19H2,1-3H3,(H,32,39)/t30-/m1/s1. The largest absolute Gasteiger partial charge is 0.504 e. The van der Waals surface area contributed by atoms with Gasteiger partial charge in [0.2, 0.25) is 11.8 Å². The number of anilines is 1. The number of nitrogens with zero attached hydrogens (tertiary/aromatic N) is 4. The van der Waals surface area contributed by atoms with Crippen molar-refractivity contribution in [2.45, 2.75) is 50.7 Å². The molecule has 1 atom stereocenters. The zero-order valence-corrected chi connectivity index (χ0v) is 23.9. The van der Waals surface area contributed by atoms with Gasteiger partial charge in [-0.05, 0) is 54.8 Å². The minimum Gasteiger partial charge on any atom is -0.504 e. The van der Waals surface area contributed by atoms with Crippen molar-refractivity contribution < 1.29 is 28.9 Å². The molecule has 1 aliphatic rings. The third-order valence-corrected chi connectivity index (χ3v) is 7.60. The molecule has 3 aromatic carbocycles. The number of hydrogen-bond acceptors (Lipinski definition) is 8. The molecular formula is C31H35N5O6. The monoisotopic (exact) mass is 573 g/mol. The fourth-order valence-electron chi connectivity index (χ4n) is 5.47. The van der Waals surface area contributed by atoms with Gasteiger partial charge in [-0.25, -0.2) is 4.68 Å². The third kappa shape index (κ3) is 5.95. The summed E-state index contributed by atoms with van der Waals surface area (Å²) in [6.07, 6.45) is 4.90. The van der Waals surface area contributed by atoms with Crippen LogP contribution >= 0.6 is 0 Å². The first kappa shape index (κ1) is 28.7. The van der Waals surface area contributed by atoms with Crippen molar-refractivity contribution >= 4 is 28.5 Å². The van der Waals surface area contributed by atoms with Gasteiger partial charge in [0.1, 0.15) is 18.1 Å². The zero-order valence-electron chi connectivity index (χ0n) is 23.9. The molecule has 0 spiro atoms. The lowest BCUT2D eigenvalue weighted by molar-refractivity contribution is -0.127. The fraction of sp³-hybridized carbons (Fsp3) is 0.355. The smallest absolute Gasteiger partial charge is 0.249 e. The number of benzene rings is 3. The predicted octanol–water partition coefficient (Wildman–Crippen LogP) is 4.39. The van der Waals surface area contributed by atoms with Crippen LogP contribution in [0.2, 0.25) is 0 Å². The molecule has 0 saturated heterocycles. The van der Waals surface area contributed by atoms with Crippen molar-refractivity contribution in [1.82, 2.24) is 20.3 Å². The lowest BCUT2D eigenvalue weighted by Gasteiger charge is -2.34. The Morgan fingerprint density at radius 3 is 2.38 bits per heavy atom. The molecule has 11 heteroatoms. The van der Waals surface area contributed by atoms with Gasteiger partial charge in [0.25, 0.3) is 0 Å². The quantitative estimate of drug-likeness (QED) is 0.286. The molecule has 2 amide bonds. The average molecular weight is 574 g/mol. The van der Waals surface area contributed by atoms with Gasteiger partial charge in [-0.1, -0.05) is 42.7 Å². The van der Waals surface area contributed by atoms with Gasteiger partial charge in [0.05, 0.1) is 26.8 Å². The highest BCUT2D eigenvalue weighted by Gasteiger charge is 2.35. The summed E-state index contributed by atoms with van der Waals surface area (Å²) in [5.74, 6) is 0.190. The number of carbonyl (C=O) groups is 2. The van der Waals surface area contributed by atoms with Gasteiger partial charge >= 0.3 is 0 Å². The Kier molecular flexibility index (Phi) is 8.75. The van der Waals surface area contributed by atoms with Crippen LogP contribution in [0.15, 0.2) is 60.7 Å². The first-order valence-corrected chi connectivity index (χ1v) is 13.9. The van der Waals surface area contributed by atoms with E-state index in [4.69, 9.17) is 14.2 Å². The maximum atomic E-state index is 14.3. The molecule has 5 rings (SSSR count). The molecule has 220 valence electrons. The van der Waals surface area contributed by atoms with Crippen molar-refractivity contribution in [1.29, 1.82) is 0 Å². The number of para-hydroxylation sites is 1. The molecule has 0 unspecified atom stereocenters. The Bertz CT molecular complexity index is 1560. The van der Waals surface area contributed by atoms with Gasteiger partial charge in [-0.15, -0.1) is 5.10 Å². The number of ether oxygens (including phenoxy) is 3. The summed E-state index contributed by atoms with van der Waals surface area (Å²) in [5.41, 5.74) is 2.15. The molecule has 1 aromatic heterocycles. The number of carbonyl (C=O) groups excluding carboxylic acids is 2. The topological polar surface area (TPSA) is 128 Å². The van der Waals surface area contributed by atoms with Crippen molar-refractivity contribution in [3.63, 3.8) is 0 Å². The van der Waals surface area contributed by atoms with Gasteiger partial charge < -0.3 is 24.6 Å². The van der Waals surface area contributed by atoms with E-state index in [1.54, 1.807) is 30.3 Å². The van der Waals surface area contributed by atoms with Crippen molar-refractivity contribution in [3.8, 4) is 23.0 Å². The molecule has 0 radical (unpaired) electrons. The number of aromatic hydroxyl groups is 1. The lowest BCUT2D eigenvalue weighted by Crippen LogP contribution is -2.48. The van der Waals surface area contributed by atoms with Gasteiger partial charge in [-0.2, -0.15) is 0 Å². The normalized spacial score (nSPS) is 14.3. The van der Waals surface area contributed by atoms with Crippen molar-refractivity contribution in [3.05, 3.63) is 66.2 Å². The molecule has 1 heterocycles. The van der Waals surface area contributed by atoms with Crippen LogP contribution in [0.25, 0.3) is 11.0 Å². The lowest BCUT2D eigenvalue weighted by atomic mass is 9.94. The Morgan fingerprint density at radius 1 is 0.952 bits per heavy atom. The molecule has 0 bridgehead atoms. The molecule has 11 nitrogen and oxygen atoms in total. The predicted molar refractivity (Wildman–Crippen MR) is 157 cm³/mol. The second-order valence-corrected chi connectivity index (χ2v) is 10.2. The van der Waals surface area contributed by atoms with Crippen LogP contribution in [-0.4, -0.2) is 59.3 Å². The average Bonchev–Trinajstić information content (AvgIpc) is 3.42. The maximum Gasteiger partial charge on any atom is 0.249 e. The van der Waals surface area contributed by atoms with Crippen molar-refractivity contribution in [2.75, 3.05) is 26.2 Å². The molecule has 0 aliphatic heterocycles. The SMILES string of the molecule is COc1ccc([C@H](C(=O)NC2CCCCC2)N(C(=O)Cn2nnc3ccccc32)c2ccc(OC)c(OC)c2)cc1O. The van der Waals surface area contributed by atoms with Gasteiger partial charge in [0.15, 0.2) is 23.0 Å². The Hall–Kier alpha value is -4.80. The van der Waals surface area contributed by atoms with E-state index in [-0.39, 0.29) is 30.0 Å². The van der Waals surface area contributed by atoms with Gasteiger partial charge in [0, 0.05) is 17.8 Å². The molecule has 42 heavy (non-hydrogen) atoms. The van der Waals surface area contributed by atoms with E-state index in [0.29, 0.717) is 33.8 Å². The Balaban J connectivity index is 1.62. The van der Waals surface area contributed by atoms with Crippen LogP contribution in [0.5, 0.6) is 23.0 Å². The van der Waals surface area contributed by atoms with E-state index in [2.05, 4.69) is 15.6 Å². The Labute approximate surface area is 244 Å². The number of methoxy groups -OCH3 is 3. The molecule has 1 saturated carbocycles. The number of aromatic nitrogens is 3. The minimum absolute atomic E-state index is 0.0118. The highest BCUT2D eigenvalue weighted by Crippen LogP contribution is 2.38. The van der Waals surface area contributed by atoms with E-state index in [1.165, 1.54) is 37.0 Å². The minimum atomic E-state index is -1.14. The summed E-state index contributed by atoms with van der Waals surface area (Å²) in [6.45, 7) is -0.190. The van der Waals surface area contributed by atoms with Crippen LogP contribution in [0.4, 0.5) is 5.69 Å². The summed E-state index contributed by atoms with van der Waals surface area (Å²) in [4.78, 5) is 29.9. The van der Waals surface area contributed by atoms with E-state index >= 15 is 0 Å². The van der Waals surface area contributed by atoms with Crippen molar-refractivity contribution in [2.24, 2.45) is 0 Å². The van der Waals surface area contributed by atoms with E-state index in [0.717, 1.165) is 32.1 Å². The highest BCUT2D eigenvalue weighted by atomic mass is 16.5. The first-order chi connectivity index (χ1) is 20.4. The number of phenols is 1. The first-order valence-electron chi connectivity index (χ1n) is 13.9. The Morgan fingerprint density at radius 2 is 1.67 bits per heavy atom. The molecular weight excluding hydrogens is 538 g/mol. The third-order valence-electron chi connectivity index (χ3n) is 7.60. The second kappa shape index (κ2) is 12.8. The molecule has 2 N–H and O–H groups in total. The van der Waals surface area contributed by atoms with Crippen LogP contribution in [-0.2, 0) is 16.1 Å². The number of phenolic OH excluding ortho intramolecular Hbond substituents is 1. The summed E-state index contributed by atoms with van der Waals surface area (Å²) < 4.78 is 17.7. The molecule has 4 aromatic rings. The number of amides is 2. The van der Waals surface area contributed by atoms with E-state index in [9.17, 15) is 14.7 Å². The highest BCUT2D eigenvalue weighted by molar-refractivity contribution is 6.02. The second-order valence-electron chi connectivity index (χ2n) is 10.2. The van der Waals surface area contributed by atoms with E-state index in [1.807, 2.05) is 24.3 Å². The van der Waals surface area contributed by atoms with Crippen LogP contribution in [0, 0.1) is 0 Å². The number of rotatable bonds is 10. The summed E-state index contributed by atoms with van der Waals surface area (Å²) >= 11 is 0. The number of nitrogens with one attached hydrogen (secondary N) is 1. The molecule has 1 fully saturated rings. The zero-order chi connectivity index (χ0) is 29.6. The fourth-order valence-corrected chi connectivity index (χ4v) is 5.47. The van der Waals surface area contributed by atoms with Crippen LogP contribution in [0.3, 0.4) is 0 Å². The number of hydrogen-bond donors (Lipinski definition) is 2. The van der Waals surface area contributed by atoms with Gasteiger partial charge in [-0.3, -0.25) is 14.5 Å². The number of fused-ring (bicyclic) bond motifs is 1. The van der Waals surface area contributed by atoms with Crippen LogP contribution in [0.1, 0.15) is 43.7 Å². The molecule has 1 aliphatic carbocycles. The summed E-state index contributed by atoms with van der Waals surface area (Å²) in [7, 11) is 4.48.